The lowest BCUT2D eigenvalue weighted by Gasteiger charge is -2.26. The summed E-state index contributed by atoms with van der Waals surface area (Å²) in [6, 6.07) is 0. The van der Waals surface area contributed by atoms with Gasteiger partial charge in [-0.15, -0.1) is 0 Å². The van der Waals surface area contributed by atoms with Crippen molar-refractivity contribution in [2.75, 3.05) is 44.1 Å². The number of aliphatic hydroxyl groups is 4. The Labute approximate surface area is 414 Å². The zero-order valence-corrected chi connectivity index (χ0v) is 41.5. The Morgan fingerprint density at radius 3 is 1.89 bits per heavy atom. The zero-order valence-electron chi connectivity index (χ0n) is 38.0. The van der Waals surface area contributed by atoms with Gasteiger partial charge in [0.1, 0.15) is 66.8 Å². The van der Waals surface area contributed by atoms with E-state index in [4.69, 9.17) is 49.7 Å². The highest BCUT2D eigenvalue weighted by molar-refractivity contribution is 7.66. The van der Waals surface area contributed by atoms with Crippen molar-refractivity contribution in [3.8, 4) is 0 Å². The molecule has 3 saturated heterocycles. The van der Waals surface area contributed by atoms with Crippen LogP contribution in [0.3, 0.4) is 0 Å². The van der Waals surface area contributed by atoms with Crippen molar-refractivity contribution in [2.45, 2.75) is 73.6 Å². The number of H-pyrrole nitrogens is 2. The third kappa shape index (κ3) is 10.9. The number of aromatic amines is 2. The molecule has 16 N–H and O–H groups in total. The average molecular weight is 1150 g/mol. The van der Waals surface area contributed by atoms with E-state index in [0.29, 0.717) is 0 Å². The van der Waals surface area contributed by atoms with Gasteiger partial charge in [-0.05, 0) is 0 Å². The topological polar surface area (TPSA) is 562 Å². The second kappa shape index (κ2) is 20.3. The summed E-state index contributed by atoms with van der Waals surface area (Å²) in [5, 5.41) is 43.2. The SMILES string of the molecule is CO[C@@H]1[C@H](OP(=O)(O)OCC2O[C@@H](n3cnc4c(=O)[nH]c(N)nc43)[C@H](O)[C@@H]2O)C(COP(=O)(O)OP(=O)(O)OP(=O)(O)OC[C@H]2O[C@@H]([n+]3cn(C)c4c(=O)[nH]c(N)nc43)[C@H](O)[C@@H]2O)O[C@H]1n1cnc2c(N)ncnc21. The van der Waals surface area contributed by atoms with E-state index in [1.807, 2.05) is 0 Å². The number of anilines is 3. The van der Waals surface area contributed by atoms with Gasteiger partial charge in [0.2, 0.25) is 17.7 Å². The minimum Gasteiger partial charge on any atom is -0.387 e. The summed E-state index contributed by atoms with van der Waals surface area (Å²) in [5.74, 6) is -0.716. The van der Waals surface area contributed by atoms with Crippen LogP contribution in [0.25, 0.3) is 33.5 Å². The highest BCUT2D eigenvalue weighted by atomic mass is 31.3. The fourth-order valence-corrected chi connectivity index (χ4v) is 12.8. The van der Waals surface area contributed by atoms with E-state index in [2.05, 4.69) is 53.0 Å². The maximum Gasteiger partial charge on any atom is 0.490 e. The van der Waals surface area contributed by atoms with Crippen LogP contribution >= 0.6 is 31.3 Å². The molecule has 43 heteroatoms. The number of phosphoric ester groups is 3. The summed E-state index contributed by atoms with van der Waals surface area (Å²) in [6.07, 6.45) is -15.8. The smallest absolute Gasteiger partial charge is 0.387 e. The fraction of sp³-hybridized carbons (Fsp3) is 0.531. The van der Waals surface area contributed by atoms with Crippen LogP contribution in [-0.2, 0) is 71.0 Å². The minimum absolute atomic E-state index is 0.00606. The Morgan fingerprint density at radius 1 is 0.667 bits per heavy atom. The standard InChI is InChI=1S/C32H43N15O24P4/c1-44-9-47(25-15(44)27(53)43-32(35)41-25)29-19(51)17(49)11(67-29)4-64-73(56,57)70-75(60,61)71-74(58,59)65-5-12-20(21(62-2)30(68-12)45-7-38-13-22(33)36-6-37-23(13)45)69-72(54,55)63-3-10-16(48)18(50)28(66-10)46-8-39-14-24(46)40-31(34)42-26(14)52/h6-12,16-21,28-30,48-51H,3-5H2,1-2H3,(H11-,33,34,35,36,37,40,41,42,43,52,53,54,55,56,57,58,59,60,61)/p+1/t10?,11-,12?,16-,17-,18-,19-,20-,21-,28-,29-,30-/m1/s1. The van der Waals surface area contributed by atoms with Gasteiger partial charge in [-0.2, -0.15) is 13.6 Å². The van der Waals surface area contributed by atoms with Gasteiger partial charge in [0.15, 0.2) is 41.4 Å². The van der Waals surface area contributed by atoms with Gasteiger partial charge in [0.25, 0.3) is 17.1 Å². The number of aromatic nitrogens is 12. The Hall–Kier alpha value is -5.15. The number of aryl methyl sites for hydroxylation is 1. The van der Waals surface area contributed by atoms with Crippen LogP contribution in [0.4, 0.5) is 17.7 Å². The summed E-state index contributed by atoms with van der Waals surface area (Å²) >= 11 is 0. The zero-order chi connectivity index (χ0) is 54.3. The van der Waals surface area contributed by atoms with Crippen molar-refractivity contribution >= 4 is 82.5 Å². The van der Waals surface area contributed by atoms with E-state index in [9.17, 15) is 67.8 Å². The van der Waals surface area contributed by atoms with Crippen molar-refractivity contribution in [1.82, 2.24) is 53.6 Å². The second-order valence-corrected chi connectivity index (χ2v) is 22.5. The molecule has 9 heterocycles. The lowest BCUT2D eigenvalue weighted by molar-refractivity contribution is -0.745. The van der Waals surface area contributed by atoms with Crippen LogP contribution in [0, 0.1) is 0 Å². The first-order valence-corrected chi connectivity index (χ1v) is 27.1. The van der Waals surface area contributed by atoms with Crippen molar-refractivity contribution < 1.29 is 108 Å². The number of nitrogens with two attached hydrogens (primary N) is 3. The lowest BCUT2D eigenvalue weighted by Crippen LogP contribution is -2.46. The Balaban J connectivity index is 0.862. The van der Waals surface area contributed by atoms with Crippen LogP contribution in [0.1, 0.15) is 18.7 Å². The predicted octanol–water partition coefficient (Wildman–Crippen LogP) is -4.71. The molecule has 3 aliphatic heterocycles. The molecule has 3 aliphatic rings. The van der Waals surface area contributed by atoms with Gasteiger partial charge in [-0.1, -0.05) is 4.98 Å². The molecule has 0 radical (unpaired) electrons. The number of rotatable bonds is 19. The van der Waals surface area contributed by atoms with Crippen molar-refractivity contribution in [2.24, 2.45) is 7.05 Å². The summed E-state index contributed by atoms with van der Waals surface area (Å²) in [5.41, 5.74) is 15.4. The number of nitrogens with one attached hydrogen (secondary N) is 2. The predicted molar refractivity (Wildman–Crippen MR) is 239 cm³/mol. The van der Waals surface area contributed by atoms with Crippen molar-refractivity contribution in [1.29, 1.82) is 0 Å². The number of phosphoric acid groups is 4. The quantitative estimate of drug-likeness (QED) is 0.0268. The first kappa shape index (κ1) is 54.6. The number of fused-ring (bicyclic) bond motifs is 3. The normalized spacial score (nSPS) is 30.5. The van der Waals surface area contributed by atoms with E-state index in [1.54, 1.807) is 0 Å². The van der Waals surface area contributed by atoms with Crippen LogP contribution in [-0.4, -0.2) is 175 Å². The molecule has 6 aromatic heterocycles. The number of ether oxygens (including phenoxy) is 4. The maximum atomic E-state index is 13.7. The van der Waals surface area contributed by atoms with Gasteiger partial charge < -0.3 is 76.1 Å². The highest BCUT2D eigenvalue weighted by Crippen LogP contribution is 2.68. The number of methoxy groups -OCH3 is 1. The molecule has 0 amide bonds. The molecule has 16 atom stereocenters. The molecule has 6 unspecified atom stereocenters. The number of nitrogens with zero attached hydrogens (tertiary/aromatic N) is 10. The highest BCUT2D eigenvalue weighted by Gasteiger charge is 2.54. The van der Waals surface area contributed by atoms with Gasteiger partial charge in [-0.3, -0.25) is 51.4 Å². The summed E-state index contributed by atoms with van der Waals surface area (Å²) < 4.78 is 109. The van der Waals surface area contributed by atoms with Crippen LogP contribution < -0.4 is 32.9 Å². The Kier molecular flexibility index (Phi) is 14.8. The monoisotopic (exact) mass is 1150 g/mol. The largest absolute Gasteiger partial charge is 0.490 e. The maximum absolute atomic E-state index is 13.7. The molecule has 410 valence electrons. The van der Waals surface area contributed by atoms with Crippen LogP contribution in [0.2, 0.25) is 0 Å². The Bertz CT molecular complexity index is 3470. The summed E-state index contributed by atoms with van der Waals surface area (Å²) in [6.45, 7) is -3.40. The van der Waals surface area contributed by atoms with Crippen LogP contribution in [0.15, 0.2) is 34.9 Å². The first-order chi connectivity index (χ1) is 35.2. The molecule has 75 heavy (non-hydrogen) atoms. The molecule has 9 rings (SSSR count). The van der Waals surface area contributed by atoms with E-state index in [0.717, 1.165) is 35.2 Å². The molecule has 0 aromatic carbocycles. The van der Waals surface area contributed by atoms with E-state index >= 15 is 0 Å². The third-order valence-corrected chi connectivity index (χ3v) is 16.8. The number of imidazole rings is 3. The lowest BCUT2D eigenvalue weighted by atomic mass is 10.1. The molecule has 0 spiro atoms. The Morgan fingerprint density at radius 2 is 1.23 bits per heavy atom. The molecule has 0 saturated carbocycles. The van der Waals surface area contributed by atoms with Gasteiger partial charge in [-0.25, -0.2) is 42.8 Å². The average Bonchev–Trinajstić information content (AvgIpc) is 4.17. The van der Waals surface area contributed by atoms with Crippen LogP contribution in [0.5, 0.6) is 0 Å². The van der Waals surface area contributed by atoms with E-state index < -0.39 is 136 Å². The summed E-state index contributed by atoms with van der Waals surface area (Å²) in [7, 11) is -20.9. The fourth-order valence-electron chi connectivity index (χ4n) is 8.29. The molecule has 0 bridgehead atoms. The van der Waals surface area contributed by atoms with E-state index in [-0.39, 0.29) is 51.2 Å². The molecule has 6 aromatic rings. The molecule has 3 fully saturated rings. The van der Waals surface area contributed by atoms with Crippen molar-refractivity contribution in [3.63, 3.8) is 0 Å². The van der Waals surface area contributed by atoms with Crippen molar-refractivity contribution in [3.05, 3.63) is 46.0 Å². The molecular weight excluding hydrogens is 1100 g/mol. The number of aliphatic hydroxyl groups excluding tert-OH is 4. The number of hydrogen-bond acceptors (Lipinski definition) is 29. The van der Waals surface area contributed by atoms with Gasteiger partial charge in [0, 0.05) is 7.11 Å². The summed E-state index contributed by atoms with van der Waals surface area (Å²) in [4.78, 5) is 95.6. The number of hydrogen-bond donors (Lipinski definition) is 13. The second-order valence-electron chi connectivity index (χ2n) is 16.5. The van der Waals surface area contributed by atoms with E-state index in [1.165, 1.54) is 22.5 Å². The minimum atomic E-state index is -6.20. The molecule has 0 aliphatic carbocycles. The molecule has 39 nitrogen and oxygen atoms in total. The van der Waals surface area contributed by atoms with Gasteiger partial charge >= 0.3 is 36.9 Å². The number of nitrogen functional groups attached to an aromatic ring is 3. The third-order valence-electron chi connectivity index (χ3n) is 11.6. The van der Waals surface area contributed by atoms with Gasteiger partial charge in [0.05, 0.1) is 39.5 Å². The first-order valence-electron chi connectivity index (χ1n) is 21.2. The molecular formula is C32H44N15O24P4+.